The molecule has 0 saturated carbocycles. The van der Waals surface area contributed by atoms with E-state index in [-0.39, 0.29) is 11.7 Å². The van der Waals surface area contributed by atoms with Crippen LogP contribution < -0.4 is 0 Å². The highest BCUT2D eigenvalue weighted by atomic mass is 16.6. The molecule has 1 amide bonds. The van der Waals surface area contributed by atoms with Crippen LogP contribution in [0, 0.1) is 0 Å². The van der Waals surface area contributed by atoms with Crippen molar-refractivity contribution in [1.82, 2.24) is 9.88 Å². The fourth-order valence-corrected chi connectivity index (χ4v) is 2.45. The van der Waals surface area contributed by atoms with Gasteiger partial charge in [-0.3, -0.25) is 4.98 Å². The first-order valence-corrected chi connectivity index (χ1v) is 7.44. The van der Waals surface area contributed by atoms with Crippen molar-refractivity contribution in [1.29, 1.82) is 0 Å². The summed E-state index contributed by atoms with van der Waals surface area (Å²) in [4.78, 5) is 29.5. The zero-order chi connectivity index (χ0) is 16.5. The van der Waals surface area contributed by atoms with E-state index < -0.39 is 11.6 Å². The number of carbonyl (C=O) groups is 2. The van der Waals surface area contributed by atoms with Crippen molar-refractivity contribution in [3.63, 3.8) is 0 Å². The number of fused-ring (bicyclic) bond motifs is 1. The van der Waals surface area contributed by atoms with Gasteiger partial charge in [0.25, 0.3) is 0 Å². The van der Waals surface area contributed by atoms with Crippen LogP contribution in [0.5, 0.6) is 0 Å². The summed E-state index contributed by atoms with van der Waals surface area (Å²) in [5.41, 5.74) is 1.92. The maximum absolute atomic E-state index is 12.1. The Bertz CT molecular complexity index is 605. The monoisotopic (exact) mass is 306 g/mol. The number of carbonyl (C=O) groups excluding carboxylic acids is 1. The molecule has 1 N–H and O–H groups in total. The van der Waals surface area contributed by atoms with Crippen LogP contribution in [0.4, 0.5) is 4.79 Å². The van der Waals surface area contributed by atoms with Gasteiger partial charge in [-0.15, -0.1) is 0 Å². The second-order valence-electron chi connectivity index (χ2n) is 6.40. The van der Waals surface area contributed by atoms with Gasteiger partial charge in [-0.1, -0.05) is 6.92 Å². The van der Waals surface area contributed by atoms with Gasteiger partial charge in [-0.2, -0.15) is 0 Å². The molecule has 2 rings (SSSR count). The molecule has 0 atom stereocenters. The first kappa shape index (κ1) is 16.3. The molecule has 0 radical (unpaired) electrons. The van der Waals surface area contributed by atoms with Crippen LogP contribution >= 0.6 is 0 Å². The molecule has 0 spiro atoms. The SMILES string of the molecule is CCc1nc2c(cc1C(=O)O)CN(C(=O)OC(C)(C)C)CC2. The number of hydrogen-bond donors (Lipinski definition) is 1. The van der Waals surface area contributed by atoms with Crippen LogP contribution in [0.3, 0.4) is 0 Å². The van der Waals surface area contributed by atoms with E-state index in [9.17, 15) is 14.7 Å². The molecule has 120 valence electrons. The van der Waals surface area contributed by atoms with Gasteiger partial charge in [-0.05, 0) is 38.8 Å². The number of carboxylic acids is 1. The third-order valence-electron chi connectivity index (χ3n) is 3.47. The zero-order valence-electron chi connectivity index (χ0n) is 13.5. The topological polar surface area (TPSA) is 79.7 Å². The Labute approximate surface area is 130 Å². The molecule has 0 aliphatic carbocycles. The van der Waals surface area contributed by atoms with Gasteiger partial charge < -0.3 is 14.7 Å². The second kappa shape index (κ2) is 5.94. The summed E-state index contributed by atoms with van der Waals surface area (Å²) < 4.78 is 5.37. The molecule has 6 nitrogen and oxygen atoms in total. The maximum Gasteiger partial charge on any atom is 0.410 e. The Morgan fingerprint density at radius 3 is 2.64 bits per heavy atom. The van der Waals surface area contributed by atoms with Crippen molar-refractivity contribution in [3.05, 3.63) is 28.6 Å². The Morgan fingerprint density at radius 2 is 2.09 bits per heavy atom. The molecule has 0 fully saturated rings. The molecule has 22 heavy (non-hydrogen) atoms. The number of aryl methyl sites for hydroxylation is 1. The highest BCUT2D eigenvalue weighted by Gasteiger charge is 2.27. The standard InChI is InChI=1S/C16H22N2O4/c1-5-12-11(14(19)20)8-10-9-18(7-6-13(10)17-12)15(21)22-16(2,3)4/h8H,5-7,9H2,1-4H3,(H,19,20). The number of hydrogen-bond acceptors (Lipinski definition) is 4. The summed E-state index contributed by atoms with van der Waals surface area (Å²) in [6, 6.07) is 1.64. The molecule has 0 aromatic carbocycles. The molecule has 6 heteroatoms. The summed E-state index contributed by atoms with van der Waals surface area (Å²) in [5, 5.41) is 9.28. The average Bonchev–Trinajstić information content (AvgIpc) is 2.43. The minimum Gasteiger partial charge on any atom is -0.478 e. The lowest BCUT2D eigenvalue weighted by atomic mass is 10.0. The average molecular weight is 306 g/mol. The van der Waals surface area contributed by atoms with Crippen molar-refractivity contribution < 1.29 is 19.4 Å². The summed E-state index contributed by atoms with van der Waals surface area (Å²) in [6.07, 6.45) is 0.807. The molecular weight excluding hydrogens is 284 g/mol. The second-order valence-corrected chi connectivity index (χ2v) is 6.40. The van der Waals surface area contributed by atoms with Gasteiger partial charge >= 0.3 is 12.1 Å². The molecule has 1 aliphatic rings. The van der Waals surface area contributed by atoms with Gasteiger partial charge in [0.1, 0.15) is 5.60 Å². The van der Waals surface area contributed by atoms with Crippen molar-refractivity contribution >= 4 is 12.1 Å². The lowest BCUT2D eigenvalue weighted by molar-refractivity contribution is 0.0222. The number of pyridine rings is 1. The molecule has 1 aliphatic heterocycles. The van der Waals surface area contributed by atoms with Gasteiger partial charge in [0.05, 0.1) is 17.8 Å². The van der Waals surface area contributed by atoms with E-state index in [2.05, 4.69) is 4.98 Å². The smallest absolute Gasteiger partial charge is 0.410 e. The van der Waals surface area contributed by atoms with Crippen molar-refractivity contribution in [2.45, 2.75) is 52.7 Å². The molecule has 0 unspecified atom stereocenters. The molecule has 1 aromatic rings. The quantitative estimate of drug-likeness (QED) is 0.908. The molecular formula is C16H22N2O4. The molecule has 1 aromatic heterocycles. The number of carboxylic acid groups (broad SMARTS) is 1. The van der Waals surface area contributed by atoms with E-state index in [1.165, 1.54) is 0 Å². The lowest BCUT2D eigenvalue weighted by Gasteiger charge is -2.31. The van der Waals surface area contributed by atoms with Crippen LogP contribution in [0.2, 0.25) is 0 Å². The summed E-state index contributed by atoms with van der Waals surface area (Å²) in [7, 11) is 0. The normalized spacial score (nSPS) is 14.5. The zero-order valence-corrected chi connectivity index (χ0v) is 13.5. The minimum atomic E-state index is -0.985. The minimum absolute atomic E-state index is 0.215. The first-order valence-electron chi connectivity index (χ1n) is 7.44. The van der Waals surface area contributed by atoms with Crippen molar-refractivity contribution in [2.24, 2.45) is 0 Å². The van der Waals surface area contributed by atoms with Crippen LogP contribution in [0.1, 0.15) is 55.0 Å². The van der Waals surface area contributed by atoms with Crippen LogP contribution in [-0.2, 0) is 24.1 Å². The Balaban J connectivity index is 2.25. The van der Waals surface area contributed by atoms with Crippen LogP contribution in [-0.4, -0.2) is 39.2 Å². The third kappa shape index (κ3) is 3.55. The lowest BCUT2D eigenvalue weighted by Crippen LogP contribution is -2.40. The predicted octanol–water partition coefficient (Wildman–Crippen LogP) is 2.64. The van der Waals surface area contributed by atoms with Gasteiger partial charge in [-0.25, -0.2) is 9.59 Å². The van der Waals surface area contributed by atoms with Crippen molar-refractivity contribution in [3.8, 4) is 0 Å². The van der Waals surface area contributed by atoms with E-state index in [1.54, 1.807) is 11.0 Å². The third-order valence-corrected chi connectivity index (χ3v) is 3.47. The molecule has 2 heterocycles. The predicted molar refractivity (Wildman–Crippen MR) is 80.9 cm³/mol. The van der Waals surface area contributed by atoms with E-state index in [0.717, 1.165) is 11.3 Å². The summed E-state index contributed by atoms with van der Waals surface area (Å²) in [5.74, 6) is -0.985. The maximum atomic E-state index is 12.1. The van der Waals surface area contributed by atoms with E-state index in [4.69, 9.17) is 4.74 Å². The summed E-state index contributed by atoms with van der Waals surface area (Å²) in [6.45, 7) is 8.21. The molecule has 0 bridgehead atoms. The Kier molecular flexibility index (Phi) is 4.39. The number of amides is 1. The number of aromatic carboxylic acids is 1. The van der Waals surface area contributed by atoms with E-state index >= 15 is 0 Å². The number of ether oxygens (including phenoxy) is 1. The largest absolute Gasteiger partial charge is 0.478 e. The Morgan fingerprint density at radius 1 is 1.41 bits per heavy atom. The van der Waals surface area contributed by atoms with Gasteiger partial charge in [0, 0.05) is 18.7 Å². The first-order chi connectivity index (χ1) is 10.2. The highest BCUT2D eigenvalue weighted by molar-refractivity contribution is 5.89. The van der Waals surface area contributed by atoms with E-state index in [0.29, 0.717) is 31.6 Å². The highest BCUT2D eigenvalue weighted by Crippen LogP contribution is 2.22. The fraction of sp³-hybridized carbons (Fsp3) is 0.562. The number of aromatic nitrogens is 1. The number of nitrogens with zero attached hydrogens (tertiary/aromatic N) is 2. The summed E-state index contributed by atoms with van der Waals surface area (Å²) >= 11 is 0. The van der Waals surface area contributed by atoms with E-state index in [1.807, 2.05) is 27.7 Å². The fourth-order valence-electron chi connectivity index (χ4n) is 2.45. The van der Waals surface area contributed by atoms with Gasteiger partial charge in [0.2, 0.25) is 0 Å². The number of rotatable bonds is 2. The molecule has 0 saturated heterocycles. The van der Waals surface area contributed by atoms with Crippen molar-refractivity contribution in [2.75, 3.05) is 6.54 Å². The Hall–Kier alpha value is -2.11. The van der Waals surface area contributed by atoms with Crippen LogP contribution in [0.15, 0.2) is 6.07 Å². The van der Waals surface area contributed by atoms with Crippen LogP contribution in [0.25, 0.3) is 0 Å². The van der Waals surface area contributed by atoms with Gasteiger partial charge in [0.15, 0.2) is 0 Å².